The van der Waals surface area contributed by atoms with Crippen LogP contribution in [0.3, 0.4) is 0 Å². The van der Waals surface area contributed by atoms with Crippen LogP contribution in [0.25, 0.3) is 0 Å². The van der Waals surface area contributed by atoms with Crippen LogP contribution in [0.5, 0.6) is 0 Å². The Hall–Kier alpha value is -0.0500. The Balaban J connectivity index is 4.39. The first kappa shape index (κ1) is 31.9. The third-order valence-corrected chi connectivity index (χ3v) is 6.46. The highest BCUT2D eigenvalue weighted by Crippen LogP contribution is 2.43. The Bertz CT molecular complexity index is 565. The van der Waals surface area contributed by atoms with Crippen molar-refractivity contribution in [1.82, 2.24) is 5.32 Å². The van der Waals surface area contributed by atoms with Crippen LogP contribution in [-0.2, 0) is 23.5 Å². The van der Waals surface area contributed by atoms with Crippen molar-refractivity contribution >= 4 is 7.37 Å². The molecule has 0 aromatic rings. The predicted octanol–water partition coefficient (Wildman–Crippen LogP) is 4.12. The lowest BCUT2D eigenvalue weighted by atomic mass is 10.0. The highest BCUT2D eigenvalue weighted by atomic mass is 31.2. The molecule has 0 saturated heterocycles. The molecule has 0 spiro atoms. The topological polar surface area (TPSA) is 106 Å². The summed E-state index contributed by atoms with van der Waals surface area (Å²) in [5.41, 5.74) is -1.85. The number of rotatable bonds is 19. The van der Waals surface area contributed by atoms with Crippen molar-refractivity contribution in [2.45, 2.75) is 103 Å². The molecule has 0 aromatic carbocycles. The fraction of sp³-hybridized carbons (Fsp3) is 1.00. The van der Waals surface area contributed by atoms with E-state index in [0.717, 1.165) is 13.0 Å². The van der Waals surface area contributed by atoms with Gasteiger partial charge in [0.2, 0.25) is 7.37 Å². The Kier molecular flexibility index (Phi) is 13.7. The van der Waals surface area contributed by atoms with Gasteiger partial charge in [-0.15, -0.1) is 0 Å². The molecule has 1 unspecified atom stereocenters. The predicted molar refractivity (Wildman–Crippen MR) is 129 cm³/mol. The summed E-state index contributed by atoms with van der Waals surface area (Å²) in [7, 11) is -1.69. The number of aliphatic hydroxyl groups excluding tert-OH is 1. The molecule has 0 fully saturated rings. The lowest BCUT2D eigenvalue weighted by molar-refractivity contribution is -0.0730. The largest absolute Gasteiger partial charge is 0.396 e. The van der Waals surface area contributed by atoms with Crippen molar-refractivity contribution in [2.24, 2.45) is 0 Å². The van der Waals surface area contributed by atoms with Gasteiger partial charge in [-0.1, -0.05) is 0 Å². The summed E-state index contributed by atoms with van der Waals surface area (Å²) in [6.07, 6.45) is 2.08. The maximum absolute atomic E-state index is 12.6. The zero-order valence-corrected chi connectivity index (χ0v) is 22.8. The van der Waals surface area contributed by atoms with Gasteiger partial charge in [0.1, 0.15) is 12.7 Å². The van der Waals surface area contributed by atoms with E-state index in [0.29, 0.717) is 32.5 Å². The molecule has 0 heterocycles. The molecule has 3 N–H and O–H groups in total. The van der Waals surface area contributed by atoms with Crippen LogP contribution in [0, 0.1) is 0 Å². The summed E-state index contributed by atoms with van der Waals surface area (Å²) >= 11 is 0. The number of aliphatic hydroxyl groups is 1. The highest BCUT2D eigenvalue weighted by Gasteiger charge is 2.30. The van der Waals surface area contributed by atoms with E-state index in [-0.39, 0.29) is 24.9 Å². The van der Waals surface area contributed by atoms with Gasteiger partial charge in [-0.05, 0) is 94.7 Å². The quantitative estimate of drug-likeness (QED) is 0.236. The van der Waals surface area contributed by atoms with Gasteiger partial charge >= 0.3 is 0 Å². The van der Waals surface area contributed by atoms with E-state index in [9.17, 15) is 9.46 Å². The summed E-state index contributed by atoms with van der Waals surface area (Å²) in [5, 5.41) is 12.2. The second kappa shape index (κ2) is 13.7. The summed E-state index contributed by atoms with van der Waals surface area (Å²) in [5.74, 6) is 0. The molecule has 0 saturated carbocycles. The lowest BCUT2D eigenvalue weighted by Gasteiger charge is -2.31. The first-order valence-corrected chi connectivity index (χ1v) is 13.6. The zero-order chi connectivity index (χ0) is 25.1. The molecule has 0 amide bonds. The number of ether oxygens (including phenoxy) is 4. The third kappa shape index (κ3) is 16.5. The average molecular weight is 484 g/mol. The Morgan fingerprint density at radius 2 is 1.06 bits per heavy atom. The molecule has 0 aromatic heterocycles. The van der Waals surface area contributed by atoms with E-state index in [1.165, 1.54) is 0 Å². The van der Waals surface area contributed by atoms with Crippen LogP contribution in [0.4, 0.5) is 0 Å². The van der Waals surface area contributed by atoms with E-state index < -0.39 is 24.2 Å². The van der Waals surface area contributed by atoms with Gasteiger partial charge in [0, 0.05) is 6.61 Å². The van der Waals surface area contributed by atoms with E-state index in [2.05, 4.69) is 19.2 Å². The maximum atomic E-state index is 12.6. The highest BCUT2D eigenvalue weighted by molar-refractivity contribution is 7.57. The van der Waals surface area contributed by atoms with E-state index >= 15 is 0 Å². The van der Waals surface area contributed by atoms with E-state index in [4.69, 9.17) is 24.1 Å². The summed E-state index contributed by atoms with van der Waals surface area (Å²) in [4.78, 5) is 10.3. The van der Waals surface area contributed by atoms with Gasteiger partial charge in [0.15, 0.2) is 0 Å². The Morgan fingerprint density at radius 1 is 0.688 bits per heavy atom. The zero-order valence-electron chi connectivity index (χ0n) is 22.0. The number of nitrogens with one attached hydrogen (secondary N) is 1. The lowest BCUT2D eigenvalue weighted by Crippen LogP contribution is -2.33. The minimum Gasteiger partial charge on any atom is -0.396 e. The Labute approximate surface area is 196 Å². The molecule has 0 radical (unpaired) electrons. The molecule has 0 bridgehead atoms. The summed E-state index contributed by atoms with van der Waals surface area (Å²) in [6, 6.07) is 0. The molecule has 8 nitrogen and oxygen atoms in total. The first-order chi connectivity index (χ1) is 14.4. The Morgan fingerprint density at radius 3 is 1.44 bits per heavy atom. The molecular weight excluding hydrogens is 433 g/mol. The second-order valence-corrected chi connectivity index (χ2v) is 13.2. The first-order valence-electron chi connectivity index (χ1n) is 11.6. The minimum absolute atomic E-state index is 0.0666. The van der Waals surface area contributed by atoms with Crippen molar-refractivity contribution in [3.8, 4) is 0 Å². The van der Waals surface area contributed by atoms with Crippen molar-refractivity contribution in [1.29, 1.82) is 0 Å². The number of hydrogen-bond acceptors (Lipinski definition) is 7. The molecular formula is C23H50NO7P. The fourth-order valence-electron chi connectivity index (χ4n) is 2.72. The normalized spacial score (nSPS) is 15.7. The van der Waals surface area contributed by atoms with Crippen molar-refractivity contribution in [3.63, 3.8) is 0 Å². The van der Waals surface area contributed by atoms with Crippen LogP contribution < -0.4 is 5.32 Å². The SMILES string of the molecule is CNCCC(C)(C)OCCC(C)(C)OCP(=O)(O)COC(C)(C)CCOC(C)(C)CCO. The minimum atomic E-state index is -3.61. The third-order valence-electron chi connectivity index (χ3n) is 5.40. The second-order valence-electron chi connectivity index (χ2n) is 11.0. The molecule has 9 heteroatoms. The summed E-state index contributed by atoms with van der Waals surface area (Å²) < 4.78 is 35.9. The van der Waals surface area contributed by atoms with Crippen LogP contribution in [0.15, 0.2) is 0 Å². The average Bonchev–Trinajstić information content (AvgIpc) is 2.63. The van der Waals surface area contributed by atoms with Crippen molar-refractivity contribution in [3.05, 3.63) is 0 Å². The van der Waals surface area contributed by atoms with Gasteiger partial charge in [-0.3, -0.25) is 4.57 Å². The molecule has 1 atom stereocenters. The standard InChI is InChI=1S/C23H50NO7P/c1-20(2,10-14-24-9)28-16-12-22(5,6)30-18-32(26,27)19-31-23(7,8)13-17-29-21(3,4)11-15-25/h24-25H,10-19H2,1-9H3,(H,26,27). The van der Waals surface area contributed by atoms with Crippen LogP contribution in [0.2, 0.25) is 0 Å². The van der Waals surface area contributed by atoms with Gasteiger partial charge in [-0.2, -0.15) is 0 Å². The van der Waals surface area contributed by atoms with E-state index in [1.807, 2.05) is 48.6 Å². The molecule has 32 heavy (non-hydrogen) atoms. The van der Waals surface area contributed by atoms with E-state index in [1.54, 1.807) is 0 Å². The van der Waals surface area contributed by atoms with Crippen molar-refractivity contribution < 1.29 is 33.5 Å². The van der Waals surface area contributed by atoms with Crippen LogP contribution in [-0.4, -0.2) is 78.5 Å². The van der Waals surface area contributed by atoms with Gasteiger partial charge < -0.3 is 34.3 Å². The molecule has 0 rings (SSSR count). The van der Waals surface area contributed by atoms with Crippen LogP contribution >= 0.6 is 7.37 Å². The molecule has 0 aliphatic heterocycles. The van der Waals surface area contributed by atoms with Crippen LogP contribution in [0.1, 0.15) is 81.1 Å². The molecule has 194 valence electrons. The fourth-order valence-corrected chi connectivity index (χ4v) is 3.90. The van der Waals surface area contributed by atoms with Gasteiger partial charge in [0.25, 0.3) is 0 Å². The maximum Gasteiger partial charge on any atom is 0.250 e. The molecule has 0 aliphatic carbocycles. The summed E-state index contributed by atoms with van der Waals surface area (Å²) in [6.45, 7) is 17.4. The smallest absolute Gasteiger partial charge is 0.250 e. The molecule has 0 aliphatic rings. The van der Waals surface area contributed by atoms with Crippen molar-refractivity contribution in [2.75, 3.05) is 46.1 Å². The van der Waals surface area contributed by atoms with Gasteiger partial charge in [0.05, 0.1) is 35.6 Å². The monoisotopic (exact) mass is 483 g/mol. The number of hydrogen-bond donors (Lipinski definition) is 3. The van der Waals surface area contributed by atoms with Gasteiger partial charge in [-0.25, -0.2) is 0 Å².